The molecule has 0 fully saturated rings. The summed E-state index contributed by atoms with van der Waals surface area (Å²) in [6.07, 6.45) is 1.18. The van der Waals surface area contributed by atoms with Crippen LogP contribution in [0.15, 0.2) is 71.1 Å². The zero-order valence-electron chi connectivity index (χ0n) is 18.4. The molecular weight excluding hydrogens is 388 g/mol. The van der Waals surface area contributed by atoms with Crippen LogP contribution in [0.4, 0.5) is 5.69 Å². The maximum absolute atomic E-state index is 13.5. The molecule has 1 heterocycles. The molecule has 5 nitrogen and oxygen atoms in total. The average molecular weight is 417 g/mol. The van der Waals surface area contributed by atoms with E-state index in [0.717, 1.165) is 34.6 Å². The van der Waals surface area contributed by atoms with Crippen LogP contribution < -0.4 is 10.6 Å². The number of benzene rings is 2. The first-order chi connectivity index (χ1) is 14.7. The molecule has 5 heteroatoms. The molecule has 0 unspecified atom stereocenters. The molecule has 2 aliphatic rings. The van der Waals surface area contributed by atoms with Crippen LogP contribution in [0.1, 0.15) is 50.7 Å². The topological polar surface area (TPSA) is 78.4 Å². The van der Waals surface area contributed by atoms with Gasteiger partial charge in [0.1, 0.15) is 5.75 Å². The van der Waals surface area contributed by atoms with Gasteiger partial charge in [-0.25, -0.2) is 0 Å². The maximum atomic E-state index is 13.5. The molecule has 0 aromatic heterocycles. The van der Waals surface area contributed by atoms with E-state index in [0.29, 0.717) is 17.6 Å². The van der Waals surface area contributed by atoms with Gasteiger partial charge in [-0.2, -0.15) is 0 Å². The molecule has 2 aromatic carbocycles. The molecule has 0 saturated carbocycles. The molecule has 160 valence electrons. The lowest BCUT2D eigenvalue weighted by molar-refractivity contribution is -0.118. The van der Waals surface area contributed by atoms with Crippen molar-refractivity contribution in [2.24, 2.45) is 5.41 Å². The van der Waals surface area contributed by atoms with Crippen LogP contribution >= 0.6 is 0 Å². The second-order valence-electron chi connectivity index (χ2n) is 9.29. The molecule has 2 aromatic rings. The highest BCUT2D eigenvalue weighted by molar-refractivity contribution is 6.10. The fourth-order valence-corrected chi connectivity index (χ4v) is 4.64. The van der Waals surface area contributed by atoms with Gasteiger partial charge in [0, 0.05) is 40.6 Å². The van der Waals surface area contributed by atoms with Crippen molar-refractivity contribution >= 4 is 17.4 Å². The van der Waals surface area contributed by atoms with E-state index in [1.165, 1.54) is 0 Å². The summed E-state index contributed by atoms with van der Waals surface area (Å²) in [4.78, 5) is 26.8. The van der Waals surface area contributed by atoms with Crippen molar-refractivity contribution < 1.29 is 14.7 Å². The summed E-state index contributed by atoms with van der Waals surface area (Å²) < 4.78 is 0. The molecule has 0 saturated heterocycles. The monoisotopic (exact) mass is 416 g/mol. The number of phenolic OH excluding ortho intramolecular Hbond substituents is 1. The Morgan fingerprint density at radius 1 is 1.06 bits per heavy atom. The molecule has 4 rings (SSSR count). The Morgan fingerprint density at radius 2 is 1.74 bits per heavy atom. The lowest BCUT2D eigenvalue weighted by atomic mass is 9.68. The minimum Gasteiger partial charge on any atom is -0.508 e. The van der Waals surface area contributed by atoms with Crippen LogP contribution in [0.3, 0.4) is 0 Å². The van der Waals surface area contributed by atoms with Crippen LogP contribution in [0.2, 0.25) is 0 Å². The number of rotatable bonds is 3. The number of para-hydroxylation sites is 1. The molecule has 1 aliphatic carbocycles. The van der Waals surface area contributed by atoms with Crippen LogP contribution in [0.5, 0.6) is 5.75 Å². The second kappa shape index (κ2) is 7.73. The van der Waals surface area contributed by atoms with Crippen molar-refractivity contribution in [1.29, 1.82) is 0 Å². The number of aryl methyl sites for hydroxylation is 1. The molecule has 0 bridgehead atoms. The van der Waals surface area contributed by atoms with Gasteiger partial charge in [0.2, 0.25) is 0 Å². The smallest absolute Gasteiger partial charge is 0.254 e. The van der Waals surface area contributed by atoms with Crippen molar-refractivity contribution in [2.45, 2.75) is 46.5 Å². The Balaban J connectivity index is 1.81. The Kier molecular flexibility index (Phi) is 5.21. The van der Waals surface area contributed by atoms with E-state index in [1.54, 1.807) is 24.3 Å². The summed E-state index contributed by atoms with van der Waals surface area (Å²) in [5, 5.41) is 16.2. The second-order valence-corrected chi connectivity index (χ2v) is 9.29. The fraction of sp³-hybridized carbons (Fsp3) is 0.308. The number of carbonyl (C=O) groups excluding carboxylic acids is 2. The van der Waals surface area contributed by atoms with Gasteiger partial charge in [0.25, 0.3) is 5.91 Å². The van der Waals surface area contributed by atoms with E-state index in [1.807, 2.05) is 38.1 Å². The fourth-order valence-electron chi connectivity index (χ4n) is 4.64. The number of nitrogens with one attached hydrogen (secondary N) is 2. The zero-order valence-corrected chi connectivity index (χ0v) is 18.4. The van der Waals surface area contributed by atoms with Crippen LogP contribution in [-0.2, 0) is 9.59 Å². The van der Waals surface area contributed by atoms with Gasteiger partial charge in [0.15, 0.2) is 5.78 Å². The summed E-state index contributed by atoms with van der Waals surface area (Å²) >= 11 is 0. The number of aromatic hydroxyl groups is 1. The van der Waals surface area contributed by atoms with Gasteiger partial charge >= 0.3 is 0 Å². The van der Waals surface area contributed by atoms with Crippen LogP contribution in [-0.4, -0.2) is 16.8 Å². The number of allylic oxidation sites excluding steroid dienone is 3. The highest BCUT2D eigenvalue weighted by Crippen LogP contribution is 2.46. The molecular formula is C26H28N2O3. The number of hydrogen-bond acceptors (Lipinski definition) is 4. The van der Waals surface area contributed by atoms with E-state index in [9.17, 15) is 14.7 Å². The SMILES string of the molecule is CC1=C(C(=O)Nc2ccccc2C)[C@@H](c2ccc(O)cc2)C2=C(CC(C)(C)CC2=O)N1. The van der Waals surface area contributed by atoms with E-state index >= 15 is 0 Å². The Morgan fingerprint density at radius 3 is 2.42 bits per heavy atom. The average Bonchev–Trinajstić information content (AvgIpc) is 2.68. The molecule has 31 heavy (non-hydrogen) atoms. The van der Waals surface area contributed by atoms with Crippen molar-refractivity contribution in [1.82, 2.24) is 5.32 Å². The number of carbonyl (C=O) groups is 2. The molecule has 0 spiro atoms. The highest BCUT2D eigenvalue weighted by atomic mass is 16.3. The van der Waals surface area contributed by atoms with Gasteiger partial charge in [-0.3, -0.25) is 9.59 Å². The zero-order chi connectivity index (χ0) is 22.3. The van der Waals surface area contributed by atoms with Crippen molar-refractivity contribution in [3.63, 3.8) is 0 Å². The van der Waals surface area contributed by atoms with Crippen LogP contribution in [0, 0.1) is 12.3 Å². The first-order valence-corrected chi connectivity index (χ1v) is 10.6. The summed E-state index contributed by atoms with van der Waals surface area (Å²) in [6, 6.07) is 14.4. The van der Waals surface area contributed by atoms with Crippen molar-refractivity contribution in [3.05, 3.63) is 82.2 Å². The number of amides is 1. The highest BCUT2D eigenvalue weighted by Gasteiger charge is 2.42. The van der Waals surface area contributed by atoms with Gasteiger partial charge in [-0.15, -0.1) is 0 Å². The molecule has 1 amide bonds. The van der Waals surface area contributed by atoms with E-state index in [2.05, 4.69) is 24.5 Å². The summed E-state index contributed by atoms with van der Waals surface area (Å²) in [5.74, 6) is -0.508. The van der Waals surface area contributed by atoms with Crippen LogP contribution in [0.25, 0.3) is 0 Å². The van der Waals surface area contributed by atoms with Gasteiger partial charge in [-0.1, -0.05) is 44.2 Å². The Hall–Kier alpha value is -3.34. The molecule has 1 aliphatic heterocycles. The Labute approximate surface area is 182 Å². The van der Waals surface area contributed by atoms with Crippen molar-refractivity contribution in [2.75, 3.05) is 5.32 Å². The number of hydrogen-bond donors (Lipinski definition) is 3. The first-order valence-electron chi connectivity index (χ1n) is 10.6. The normalized spacial score (nSPS) is 20.3. The molecule has 0 radical (unpaired) electrons. The van der Waals surface area contributed by atoms with E-state index in [-0.39, 0.29) is 22.9 Å². The predicted octanol–water partition coefficient (Wildman–Crippen LogP) is 4.94. The van der Waals surface area contributed by atoms with E-state index < -0.39 is 5.92 Å². The standard InChI is InChI=1S/C26H28N2O3/c1-15-7-5-6-8-19(15)28-25(31)22-16(2)27-20-13-26(3,4)14-21(30)24(20)23(22)17-9-11-18(29)12-10-17/h5-12,23,27,29H,13-14H2,1-4H3,(H,28,31)/t23-/m1/s1. The summed E-state index contributed by atoms with van der Waals surface area (Å²) in [7, 11) is 0. The first kappa shape index (κ1) is 20.9. The number of dihydropyridines is 1. The third-order valence-corrected chi connectivity index (χ3v) is 6.10. The molecule has 3 N–H and O–H groups in total. The third-order valence-electron chi connectivity index (χ3n) is 6.10. The molecule has 1 atom stereocenters. The van der Waals surface area contributed by atoms with Gasteiger partial charge < -0.3 is 15.7 Å². The predicted molar refractivity (Wildman–Crippen MR) is 122 cm³/mol. The largest absolute Gasteiger partial charge is 0.508 e. The Bertz CT molecular complexity index is 1120. The van der Waals surface area contributed by atoms with Gasteiger partial charge in [0.05, 0.1) is 0 Å². The third kappa shape index (κ3) is 4.00. The van der Waals surface area contributed by atoms with Crippen molar-refractivity contribution in [3.8, 4) is 5.75 Å². The minimum atomic E-state index is -0.482. The maximum Gasteiger partial charge on any atom is 0.254 e. The number of phenols is 1. The number of Topliss-reactive ketones (excluding diaryl/α,β-unsaturated/α-hetero) is 1. The van der Waals surface area contributed by atoms with E-state index in [4.69, 9.17) is 0 Å². The minimum absolute atomic E-state index is 0.0607. The lowest BCUT2D eigenvalue weighted by Gasteiger charge is -2.39. The van der Waals surface area contributed by atoms with Gasteiger partial charge in [-0.05, 0) is 55.0 Å². The number of ketones is 1. The summed E-state index contributed by atoms with van der Waals surface area (Å²) in [6.45, 7) is 8.01. The quantitative estimate of drug-likeness (QED) is 0.662. The number of anilines is 1. The lowest BCUT2D eigenvalue weighted by Crippen LogP contribution is -2.39. The summed E-state index contributed by atoms with van der Waals surface area (Å²) in [5.41, 5.74) is 5.21.